The van der Waals surface area contributed by atoms with Crippen molar-refractivity contribution in [3.8, 4) is 0 Å². The molecule has 1 heterocycles. The van der Waals surface area contributed by atoms with Gasteiger partial charge in [0.1, 0.15) is 0 Å². The Morgan fingerprint density at radius 2 is 1.90 bits per heavy atom. The van der Waals surface area contributed by atoms with Crippen molar-refractivity contribution in [1.82, 2.24) is 0 Å². The first-order valence-corrected chi connectivity index (χ1v) is 2.47. The lowest BCUT2D eigenvalue weighted by atomic mass is 10.3. The fraction of sp³-hybridized carbons (Fsp3) is 0.167. The van der Waals surface area contributed by atoms with Gasteiger partial charge in [0.25, 0.3) is 5.92 Å². The van der Waals surface area contributed by atoms with Crippen LogP contribution in [0, 0.1) is 0 Å². The second-order valence-electron chi connectivity index (χ2n) is 1.65. The smallest absolute Gasteiger partial charge is 0.287 e. The summed E-state index contributed by atoms with van der Waals surface area (Å²) in [6.07, 6.45) is 5.16. The Balaban J connectivity index is 0.000000810. The Morgan fingerprint density at radius 3 is 2.60 bits per heavy atom. The van der Waals surface area contributed by atoms with E-state index < -0.39 is 5.92 Å². The molecule has 0 aromatic carbocycles. The molecule has 0 aliphatic carbocycles. The molecular formula is C6H7F2NO. The molecule has 0 amide bonds. The molecule has 0 aromatic heterocycles. The lowest BCUT2D eigenvalue weighted by Gasteiger charge is -2.00. The molecule has 0 saturated carbocycles. The van der Waals surface area contributed by atoms with Crippen LogP contribution in [0.3, 0.4) is 0 Å². The van der Waals surface area contributed by atoms with Gasteiger partial charge < -0.3 is 5.48 Å². The predicted octanol–water partition coefficient (Wildman–Crippen LogP) is 0.951. The Bertz CT molecular complexity index is 166. The van der Waals surface area contributed by atoms with Crippen molar-refractivity contribution in [3.63, 3.8) is 0 Å². The Labute approximate surface area is 56.9 Å². The third-order valence-corrected chi connectivity index (χ3v) is 0.873. The van der Waals surface area contributed by atoms with Crippen LogP contribution in [0.1, 0.15) is 0 Å². The SMILES string of the molecule is FC1(F)C=CC=NC=C1.O. The first kappa shape index (κ1) is 8.97. The highest BCUT2D eigenvalue weighted by atomic mass is 19.3. The first-order chi connectivity index (χ1) is 4.21. The van der Waals surface area contributed by atoms with Crippen LogP contribution < -0.4 is 0 Å². The molecule has 2 N–H and O–H groups in total. The van der Waals surface area contributed by atoms with Gasteiger partial charge in [-0.15, -0.1) is 0 Å². The number of alkyl halides is 2. The number of hydrogen-bond donors (Lipinski definition) is 0. The van der Waals surface area contributed by atoms with E-state index in [0.717, 1.165) is 18.4 Å². The van der Waals surface area contributed by atoms with E-state index in [0.29, 0.717) is 0 Å². The second-order valence-corrected chi connectivity index (χ2v) is 1.65. The van der Waals surface area contributed by atoms with E-state index in [9.17, 15) is 8.78 Å². The van der Waals surface area contributed by atoms with Crippen molar-refractivity contribution < 1.29 is 14.3 Å². The fourth-order valence-corrected chi connectivity index (χ4v) is 0.469. The highest BCUT2D eigenvalue weighted by Crippen LogP contribution is 2.17. The fourth-order valence-electron chi connectivity index (χ4n) is 0.469. The Hall–Kier alpha value is -1.03. The summed E-state index contributed by atoms with van der Waals surface area (Å²) >= 11 is 0. The van der Waals surface area contributed by atoms with Crippen LogP contribution in [0.15, 0.2) is 29.4 Å². The number of rotatable bonds is 0. The van der Waals surface area contributed by atoms with Gasteiger partial charge in [0.15, 0.2) is 0 Å². The molecular weight excluding hydrogens is 140 g/mol. The van der Waals surface area contributed by atoms with Crippen molar-refractivity contribution in [2.75, 3.05) is 0 Å². The van der Waals surface area contributed by atoms with Gasteiger partial charge in [-0.2, -0.15) is 8.78 Å². The highest BCUT2D eigenvalue weighted by molar-refractivity contribution is 5.72. The topological polar surface area (TPSA) is 43.9 Å². The lowest BCUT2D eigenvalue weighted by Crippen LogP contribution is -2.05. The van der Waals surface area contributed by atoms with Crippen molar-refractivity contribution >= 4 is 6.21 Å². The molecule has 1 aliphatic heterocycles. The number of allylic oxidation sites excluding steroid dienone is 3. The van der Waals surface area contributed by atoms with Gasteiger partial charge in [-0.3, -0.25) is 4.99 Å². The summed E-state index contributed by atoms with van der Waals surface area (Å²) in [6, 6.07) is 0. The maximum absolute atomic E-state index is 12.2. The van der Waals surface area contributed by atoms with Crippen LogP contribution >= 0.6 is 0 Å². The Morgan fingerprint density at radius 1 is 1.20 bits per heavy atom. The molecule has 1 aliphatic rings. The third-order valence-electron chi connectivity index (χ3n) is 0.873. The van der Waals surface area contributed by atoms with Gasteiger partial charge in [-0.1, -0.05) is 0 Å². The standard InChI is InChI=1S/C6H5F2N.H2O/c7-6(8)2-1-4-9-5-3-6;/h1-5H;1H2. The minimum absolute atomic E-state index is 0. The summed E-state index contributed by atoms with van der Waals surface area (Å²) in [5.74, 6) is -2.82. The number of halogens is 2. The van der Waals surface area contributed by atoms with Gasteiger partial charge in [0.05, 0.1) is 0 Å². The zero-order valence-corrected chi connectivity index (χ0v) is 5.09. The van der Waals surface area contributed by atoms with Gasteiger partial charge in [0.2, 0.25) is 0 Å². The van der Waals surface area contributed by atoms with E-state index in [4.69, 9.17) is 0 Å². The average molecular weight is 147 g/mol. The molecule has 0 atom stereocenters. The van der Waals surface area contributed by atoms with E-state index >= 15 is 0 Å². The maximum Gasteiger partial charge on any atom is 0.287 e. The minimum atomic E-state index is -2.82. The summed E-state index contributed by atoms with van der Waals surface area (Å²) in [6.45, 7) is 0. The molecule has 0 radical (unpaired) electrons. The van der Waals surface area contributed by atoms with Crippen LogP contribution in [-0.4, -0.2) is 17.6 Å². The van der Waals surface area contributed by atoms with E-state index in [-0.39, 0.29) is 5.48 Å². The largest absolute Gasteiger partial charge is 0.412 e. The van der Waals surface area contributed by atoms with Gasteiger partial charge in [0, 0.05) is 18.5 Å². The quantitative estimate of drug-likeness (QED) is 0.489. The molecule has 0 unspecified atom stereocenters. The van der Waals surface area contributed by atoms with E-state index in [1.807, 2.05) is 0 Å². The monoisotopic (exact) mass is 147 g/mol. The van der Waals surface area contributed by atoms with Crippen molar-refractivity contribution in [2.45, 2.75) is 5.92 Å². The summed E-state index contributed by atoms with van der Waals surface area (Å²) in [4.78, 5) is 3.49. The van der Waals surface area contributed by atoms with Gasteiger partial charge in [-0.05, 0) is 12.2 Å². The number of nitrogens with zero attached hydrogens (tertiary/aromatic N) is 1. The van der Waals surface area contributed by atoms with Gasteiger partial charge >= 0.3 is 0 Å². The molecule has 4 heteroatoms. The average Bonchev–Trinajstić information content (AvgIpc) is 1.92. The normalized spacial score (nSPS) is 19.8. The maximum atomic E-state index is 12.2. The minimum Gasteiger partial charge on any atom is -0.412 e. The molecule has 1 rings (SSSR count). The predicted molar refractivity (Wildman–Crippen MR) is 35.3 cm³/mol. The molecule has 2 nitrogen and oxygen atoms in total. The van der Waals surface area contributed by atoms with Gasteiger partial charge in [-0.25, -0.2) is 0 Å². The van der Waals surface area contributed by atoms with Crippen LogP contribution in [0.25, 0.3) is 0 Å². The lowest BCUT2D eigenvalue weighted by molar-refractivity contribution is 0.111. The van der Waals surface area contributed by atoms with Crippen molar-refractivity contribution in [2.24, 2.45) is 4.99 Å². The van der Waals surface area contributed by atoms with Crippen LogP contribution in [0.5, 0.6) is 0 Å². The van der Waals surface area contributed by atoms with Crippen molar-refractivity contribution in [1.29, 1.82) is 0 Å². The zero-order valence-electron chi connectivity index (χ0n) is 5.09. The highest BCUT2D eigenvalue weighted by Gasteiger charge is 2.19. The molecule has 10 heavy (non-hydrogen) atoms. The van der Waals surface area contributed by atoms with Crippen LogP contribution in [-0.2, 0) is 0 Å². The molecule has 0 aromatic rings. The summed E-state index contributed by atoms with van der Waals surface area (Å²) in [5.41, 5.74) is 0. The van der Waals surface area contributed by atoms with Crippen LogP contribution in [0.2, 0.25) is 0 Å². The third kappa shape index (κ3) is 2.50. The Kier molecular flexibility index (Phi) is 2.89. The summed E-state index contributed by atoms with van der Waals surface area (Å²) < 4.78 is 24.4. The van der Waals surface area contributed by atoms with E-state index in [2.05, 4.69) is 4.99 Å². The number of aliphatic imine (C=N–C) groups is 1. The first-order valence-electron chi connectivity index (χ1n) is 2.47. The van der Waals surface area contributed by atoms with Crippen molar-refractivity contribution in [3.05, 3.63) is 24.4 Å². The molecule has 0 saturated heterocycles. The summed E-state index contributed by atoms with van der Waals surface area (Å²) in [7, 11) is 0. The number of hydrogen-bond acceptors (Lipinski definition) is 1. The van der Waals surface area contributed by atoms with E-state index in [1.54, 1.807) is 0 Å². The van der Waals surface area contributed by atoms with E-state index in [1.165, 1.54) is 12.3 Å². The summed E-state index contributed by atoms with van der Waals surface area (Å²) in [5, 5.41) is 0. The second kappa shape index (κ2) is 3.22. The molecule has 0 bridgehead atoms. The molecule has 56 valence electrons. The molecule has 0 spiro atoms. The zero-order chi connectivity index (χ0) is 6.74. The molecule has 0 fully saturated rings. The van der Waals surface area contributed by atoms with Crippen LogP contribution in [0.4, 0.5) is 8.78 Å².